The van der Waals surface area contributed by atoms with E-state index in [0.717, 1.165) is 25.1 Å². The molecule has 2 aromatic rings. The molecule has 3 atom stereocenters. The monoisotopic (exact) mass is 510 g/mol. The normalized spacial score (nSPS) is 17.3. The van der Waals surface area contributed by atoms with E-state index in [2.05, 4.69) is 32.5 Å². The number of likely N-dealkylation sites (N-methyl/N-ethyl adjacent to an activating group) is 1. The second kappa shape index (κ2) is 11.7. The standard InChI is InChI=1S/C24H33F3N6O3/c1-6-8-15(11-12-36-16-9-10-18(28-13-16)24(25,26)27)30-23-29-14(3)19-21(32-23)33(4)20(22(34)31-19)17(7-2)35-5/h9-10,13,15,17,20H,6-8,11-12H2,1-5H3,(H,31,34)(H,29,30,32)/t15-,17?,20?/m1/s1. The first-order chi connectivity index (χ1) is 17.1. The summed E-state index contributed by atoms with van der Waals surface area (Å²) < 4.78 is 49.2. The van der Waals surface area contributed by atoms with Crippen molar-refractivity contribution in [3.63, 3.8) is 0 Å². The number of nitrogens with zero attached hydrogens (tertiary/aromatic N) is 4. The quantitative estimate of drug-likeness (QED) is 0.458. The van der Waals surface area contributed by atoms with E-state index in [-0.39, 0.29) is 30.4 Å². The van der Waals surface area contributed by atoms with Crippen LogP contribution in [0.3, 0.4) is 0 Å². The molecule has 2 unspecified atom stereocenters. The topological polar surface area (TPSA) is 102 Å². The molecule has 0 fully saturated rings. The lowest BCUT2D eigenvalue weighted by Crippen LogP contribution is -2.53. The molecule has 0 bridgehead atoms. The summed E-state index contributed by atoms with van der Waals surface area (Å²) in [6, 6.07) is 1.61. The Hall–Kier alpha value is -3.15. The summed E-state index contributed by atoms with van der Waals surface area (Å²) in [5.41, 5.74) is 0.244. The maximum Gasteiger partial charge on any atom is 0.433 e. The molecule has 0 radical (unpaired) electrons. The van der Waals surface area contributed by atoms with Gasteiger partial charge in [-0.3, -0.25) is 4.79 Å². The minimum absolute atomic E-state index is 0.0310. The van der Waals surface area contributed by atoms with Gasteiger partial charge in [-0.05, 0) is 31.9 Å². The fourth-order valence-corrected chi connectivity index (χ4v) is 4.24. The van der Waals surface area contributed by atoms with E-state index in [1.54, 1.807) is 7.11 Å². The summed E-state index contributed by atoms with van der Waals surface area (Å²) in [6.45, 7) is 6.10. The van der Waals surface area contributed by atoms with Gasteiger partial charge in [-0.25, -0.2) is 9.97 Å². The van der Waals surface area contributed by atoms with E-state index in [9.17, 15) is 18.0 Å². The van der Waals surface area contributed by atoms with Crippen molar-refractivity contribution in [2.24, 2.45) is 0 Å². The molecular formula is C24H33F3N6O3. The fraction of sp³-hybridized carbons (Fsp3) is 0.583. The Bertz CT molecular complexity index is 1030. The Morgan fingerprint density at radius 2 is 1.97 bits per heavy atom. The zero-order valence-electron chi connectivity index (χ0n) is 21.1. The van der Waals surface area contributed by atoms with Crippen molar-refractivity contribution in [1.29, 1.82) is 0 Å². The first kappa shape index (κ1) is 27.4. The van der Waals surface area contributed by atoms with Crippen molar-refractivity contribution < 1.29 is 27.4 Å². The zero-order valence-corrected chi connectivity index (χ0v) is 21.1. The molecule has 36 heavy (non-hydrogen) atoms. The molecule has 12 heteroatoms. The molecule has 0 saturated heterocycles. The van der Waals surface area contributed by atoms with Crippen LogP contribution in [0.1, 0.15) is 50.9 Å². The van der Waals surface area contributed by atoms with Crippen LogP contribution in [0.15, 0.2) is 18.3 Å². The van der Waals surface area contributed by atoms with Crippen LogP contribution in [0.25, 0.3) is 0 Å². The highest BCUT2D eigenvalue weighted by atomic mass is 19.4. The number of methoxy groups -OCH3 is 1. The number of hydrogen-bond donors (Lipinski definition) is 2. The van der Waals surface area contributed by atoms with Gasteiger partial charge in [0.25, 0.3) is 0 Å². The van der Waals surface area contributed by atoms with Gasteiger partial charge in [-0.15, -0.1) is 0 Å². The Morgan fingerprint density at radius 3 is 2.56 bits per heavy atom. The van der Waals surface area contributed by atoms with Crippen molar-refractivity contribution in [3.05, 3.63) is 29.7 Å². The molecule has 1 aliphatic rings. The van der Waals surface area contributed by atoms with Gasteiger partial charge < -0.3 is 25.0 Å². The highest BCUT2D eigenvalue weighted by Crippen LogP contribution is 2.34. The molecule has 0 aromatic carbocycles. The molecule has 0 spiro atoms. The third-order valence-electron chi connectivity index (χ3n) is 6.13. The SMILES string of the molecule is CCC[C@H](CCOc1ccc(C(F)(F)F)nc1)Nc1nc(C)c2c(n1)N(C)C(C(CC)OC)C(=O)N2. The number of pyridine rings is 1. The van der Waals surface area contributed by atoms with Gasteiger partial charge in [0.05, 0.1) is 24.6 Å². The average Bonchev–Trinajstić information content (AvgIpc) is 2.82. The van der Waals surface area contributed by atoms with Crippen molar-refractivity contribution in [1.82, 2.24) is 15.0 Å². The molecule has 3 heterocycles. The van der Waals surface area contributed by atoms with E-state index < -0.39 is 17.9 Å². The molecule has 1 amide bonds. The van der Waals surface area contributed by atoms with E-state index in [1.165, 1.54) is 6.07 Å². The van der Waals surface area contributed by atoms with Crippen LogP contribution in [-0.4, -0.2) is 59.8 Å². The van der Waals surface area contributed by atoms with Crippen LogP contribution >= 0.6 is 0 Å². The first-order valence-corrected chi connectivity index (χ1v) is 12.0. The van der Waals surface area contributed by atoms with Crippen LogP contribution < -0.4 is 20.3 Å². The number of nitrogens with one attached hydrogen (secondary N) is 2. The number of alkyl halides is 3. The van der Waals surface area contributed by atoms with Gasteiger partial charge in [0, 0.05) is 26.6 Å². The van der Waals surface area contributed by atoms with Gasteiger partial charge in [0.1, 0.15) is 23.2 Å². The number of aryl methyl sites for hydroxylation is 1. The summed E-state index contributed by atoms with van der Waals surface area (Å²) in [5.74, 6) is 1.14. The van der Waals surface area contributed by atoms with Gasteiger partial charge in [-0.2, -0.15) is 18.2 Å². The number of aromatic nitrogens is 3. The van der Waals surface area contributed by atoms with Gasteiger partial charge in [-0.1, -0.05) is 20.3 Å². The van der Waals surface area contributed by atoms with Crippen LogP contribution in [-0.2, 0) is 15.7 Å². The summed E-state index contributed by atoms with van der Waals surface area (Å²) in [6.07, 6.45) is -0.760. The first-order valence-electron chi connectivity index (χ1n) is 12.0. The number of rotatable bonds is 11. The molecule has 2 N–H and O–H groups in total. The minimum Gasteiger partial charge on any atom is -0.492 e. The minimum atomic E-state index is -4.49. The van der Waals surface area contributed by atoms with Crippen LogP contribution in [0.4, 0.5) is 30.6 Å². The number of fused-ring (bicyclic) bond motifs is 1. The lowest BCUT2D eigenvalue weighted by molar-refractivity contribution is -0.141. The number of carbonyl (C=O) groups is 1. The number of halogens is 3. The Morgan fingerprint density at radius 1 is 1.22 bits per heavy atom. The maximum atomic E-state index is 12.8. The number of carbonyl (C=O) groups excluding carboxylic acids is 1. The molecule has 2 aromatic heterocycles. The van der Waals surface area contributed by atoms with E-state index in [4.69, 9.17) is 9.47 Å². The second-order valence-corrected chi connectivity index (χ2v) is 8.70. The predicted octanol–water partition coefficient (Wildman–Crippen LogP) is 4.43. The summed E-state index contributed by atoms with van der Waals surface area (Å²) in [5, 5.41) is 6.27. The van der Waals surface area contributed by atoms with Crippen LogP contribution in [0.2, 0.25) is 0 Å². The molecule has 0 aliphatic carbocycles. The molecule has 9 nitrogen and oxygen atoms in total. The summed E-state index contributed by atoms with van der Waals surface area (Å²) in [7, 11) is 3.40. The second-order valence-electron chi connectivity index (χ2n) is 8.70. The van der Waals surface area contributed by atoms with E-state index in [1.807, 2.05) is 25.8 Å². The molecule has 198 valence electrons. The molecular weight excluding hydrogens is 477 g/mol. The van der Waals surface area contributed by atoms with Crippen molar-refractivity contribution in [2.75, 3.05) is 36.3 Å². The lowest BCUT2D eigenvalue weighted by atomic mass is 10.0. The Kier molecular flexibility index (Phi) is 8.93. The average molecular weight is 511 g/mol. The Labute approximate surface area is 208 Å². The number of ether oxygens (including phenoxy) is 2. The van der Waals surface area contributed by atoms with Crippen LogP contribution in [0, 0.1) is 6.92 Å². The smallest absolute Gasteiger partial charge is 0.433 e. The molecule has 3 rings (SSSR count). The molecule has 0 saturated carbocycles. The van der Waals surface area contributed by atoms with Crippen LogP contribution in [0.5, 0.6) is 5.75 Å². The summed E-state index contributed by atoms with van der Waals surface area (Å²) in [4.78, 5) is 27.2. The number of anilines is 3. The maximum absolute atomic E-state index is 12.8. The van der Waals surface area contributed by atoms with Crippen molar-refractivity contribution in [3.8, 4) is 5.75 Å². The van der Waals surface area contributed by atoms with Crippen molar-refractivity contribution in [2.45, 2.75) is 70.8 Å². The third-order valence-corrected chi connectivity index (χ3v) is 6.13. The lowest BCUT2D eigenvalue weighted by Gasteiger charge is -2.38. The number of amides is 1. The van der Waals surface area contributed by atoms with Crippen molar-refractivity contribution >= 4 is 23.4 Å². The Balaban J connectivity index is 1.70. The van der Waals surface area contributed by atoms with Gasteiger partial charge >= 0.3 is 6.18 Å². The van der Waals surface area contributed by atoms with Gasteiger partial charge in [0.2, 0.25) is 11.9 Å². The third kappa shape index (κ3) is 6.34. The highest BCUT2D eigenvalue weighted by Gasteiger charge is 2.38. The highest BCUT2D eigenvalue weighted by molar-refractivity contribution is 6.03. The number of hydrogen-bond acceptors (Lipinski definition) is 8. The van der Waals surface area contributed by atoms with Gasteiger partial charge in [0.15, 0.2) is 5.82 Å². The van der Waals surface area contributed by atoms with E-state index in [0.29, 0.717) is 36.0 Å². The zero-order chi connectivity index (χ0) is 26.5. The summed E-state index contributed by atoms with van der Waals surface area (Å²) >= 11 is 0. The fourth-order valence-electron chi connectivity index (χ4n) is 4.24. The van der Waals surface area contributed by atoms with E-state index >= 15 is 0 Å². The predicted molar refractivity (Wildman–Crippen MR) is 130 cm³/mol. The largest absolute Gasteiger partial charge is 0.492 e. The molecule has 1 aliphatic heterocycles.